The van der Waals surface area contributed by atoms with Crippen LogP contribution in [0.5, 0.6) is 0 Å². The van der Waals surface area contributed by atoms with Crippen molar-refractivity contribution in [2.24, 2.45) is 5.92 Å². The Morgan fingerprint density at radius 1 is 1.00 bits per heavy atom. The third-order valence-electron chi connectivity index (χ3n) is 6.68. The van der Waals surface area contributed by atoms with Gasteiger partial charge in [0, 0.05) is 47.6 Å². The van der Waals surface area contributed by atoms with Crippen LogP contribution >= 0.6 is 0 Å². The first-order chi connectivity index (χ1) is 16.1. The number of para-hydroxylation sites is 1. The predicted octanol–water partition coefficient (Wildman–Crippen LogP) is 5.57. The zero-order valence-electron chi connectivity index (χ0n) is 18.5. The lowest BCUT2D eigenvalue weighted by atomic mass is 10.1. The van der Waals surface area contributed by atoms with Crippen LogP contribution in [0.4, 0.5) is 0 Å². The van der Waals surface area contributed by atoms with Crippen LogP contribution in [0.1, 0.15) is 23.2 Å². The van der Waals surface area contributed by atoms with Gasteiger partial charge in [0.05, 0.1) is 23.2 Å². The molecule has 6 nitrogen and oxygen atoms in total. The topological polar surface area (TPSA) is 69.3 Å². The van der Waals surface area contributed by atoms with Gasteiger partial charge in [0.15, 0.2) is 0 Å². The minimum atomic E-state index is -0.949. The molecule has 0 unspecified atom stereocenters. The zero-order valence-corrected chi connectivity index (χ0v) is 18.5. The Balaban J connectivity index is 1.55. The van der Waals surface area contributed by atoms with E-state index in [0.29, 0.717) is 18.7 Å². The molecule has 0 amide bonds. The smallest absolute Gasteiger partial charge is 0.335 e. The molecule has 33 heavy (non-hydrogen) atoms. The van der Waals surface area contributed by atoms with E-state index in [1.54, 1.807) is 19.2 Å². The lowest BCUT2D eigenvalue weighted by Crippen LogP contribution is -2.06. The molecule has 1 fully saturated rings. The number of carboxylic acid groups (broad SMARTS) is 1. The molecule has 3 aromatic carbocycles. The number of imidazole rings is 1. The van der Waals surface area contributed by atoms with Crippen molar-refractivity contribution in [3.63, 3.8) is 0 Å². The van der Waals surface area contributed by atoms with Crippen LogP contribution in [0.2, 0.25) is 0 Å². The van der Waals surface area contributed by atoms with E-state index in [-0.39, 0.29) is 5.56 Å². The van der Waals surface area contributed by atoms with Crippen molar-refractivity contribution in [3.05, 3.63) is 66.2 Å². The van der Waals surface area contributed by atoms with Crippen molar-refractivity contribution >= 4 is 38.8 Å². The summed E-state index contributed by atoms with van der Waals surface area (Å²) in [4.78, 5) is 16.3. The summed E-state index contributed by atoms with van der Waals surface area (Å²) in [6.45, 7) is 2.24. The van der Waals surface area contributed by atoms with E-state index in [4.69, 9.17) is 9.72 Å². The lowest BCUT2D eigenvalue weighted by Gasteiger charge is -2.10. The maximum atomic E-state index is 11.5. The molecule has 6 rings (SSSR count). The molecule has 1 N–H and O–H groups in total. The van der Waals surface area contributed by atoms with E-state index in [9.17, 15) is 9.90 Å². The van der Waals surface area contributed by atoms with Gasteiger partial charge >= 0.3 is 5.97 Å². The van der Waals surface area contributed by atoms with Gasteiger partial charge in [-0.15, -0.1) is 0 Å². The Kier molecular flexibility index (Phi) is 4.69. The number of hydrogen-bond acceptors (Lipinski definition) is 3. The quantitative estimate of drug-likeness (QED) is 0.360. The molecule has 1 aliphatic rings. The molecule has 0 radical (unpaired) electrons. The van der Waals surface area contributed by atoms with E-state index >= 15 is 0 Å². The van der Waals surface area contributed by atoms with E-state index in [1.165, 1.54) is 34.6 Å². The molecule has 5 aromatic rings. The summed E-state index contributed by atoms with van der Waals surface area (Å²) in [7, 11) is 1.68. The highest BCUT2D eigenvalue weighted by molar-refractivity contribution is 6.09. The second-order valence-electron chi connectivity index (χ2n) is 8.89. The van der Waals surface area contributed by atoms with Crippen LogP contribution in [0.3, 0.4) is 0 Å². The molecule has 2 heterocycles. The molecule has 0 spiro atoms. The summed E-state index contributed by atoms with van der Waals surface area (Å²) in [5.74, 6) is 0.658. The molecule has 6 heteroatoms. The molecule has 0 saturated heterocycles. The summed E-state index contributed by atoms with van der Waals surface area (Å²) in [5.41, 5.74) is 5.36. The van der Waals surface area contributed by atoms with Crippen LogP contribution < -0.4 is 0 Å². The first-order valence-electron chi connectivity index (χ1n) is 11.4. The minimum absolute atomic E-state index is 0.240. The number of carboxylic acids is 1. The molecule has 166 valence electrons. The maximum absolute atomic E-state index is 11.5. The second-order valence-corrected chi connectivity index (χ2v) is 8.89. The summed E-state index contributed by atoms with van der Waals surface area (Å²) >= 11 is 0. The SMILES string of the molecule is COCCn1c(-c2ccc3c(c2)c2ccccc2n3CC2CC2)nc2cc(C(=O)O)ccc21. The van der Waals surface area contributed by atoms with Gasteiger partial charge in [0.25, 0.3) is 0 Å². The van der Waals surface area contributed by atoms with Gasteiger partial charge in [0.1, 0.15) is 5.82 Å². The van der Waals surface area contributed by atoms with Crippen molar-refractivity contribution < 1.29 is 14.6 Å². The summed E-state index contributed by atoms with van der Waals surface area (Å²) in [6, 6.07) is 20.3. The average molecular weight is 440 g/mol. The normalized spacial score (nSPS) is 14.0. The number of rotatable bonds is 7. The first kappa shape index (κ1) is 20.0. The first-order valence-corrected chi connectivity index (χ1v) is 11.4. The van der Waals surface area contributed by atoms with Crippen LogP contribution in [0.25, 0.3) is 44.2 Å². The highest BCUT2D eigenvalue weighted by Gasteiger charge is 2.24. The van der Waals surface area contributed by atoms with Crippen LogP contribution in [0, 0.1) is 5.92 Å². The predicted molar refractivity (Wildman–Crippen MR) is 130 cm³/mol. The Morgan fingerprint density at radius 2 is 1.79 bits per heavy atom. The number of carbonyl (C=O) groups is 1. The lowest BCUT2D eigenvalue weighted by molar-refractivity contribution is 0.0697. The standard InChI is InChI=1S/C27H25N3O3/c1-33-13-12-29-25-11-9-19(27(31)32)15-22(25)28-26(29)18-8-10-24-21(14-18)20-4-2-3-5-23(20)30(24)16-17-6-7-17/h2-5,8-11,14-15,17H,6-7,12-13,16H2,1H3,(H,31,32). The number of ether oxygens (including phenoxy) is 1. The van der Waals surface area contributed by atoms with E-state index in [0.717, 1.165) is 29.4 Å². The van der Waals surface area contributed by atoms with Crippen molar-refractivity contribution in [1.82, 2.24) is 14.1 Å². The molecule has 2 aromatic heterocycles. The van der Waals surface area contributed by atoms with E-state index in [1.807, 2.05) is 6.07 Å². The van der Waals surface area contributed by atoms with Crippen molar-refractivity contribution in [2.45, 2.75) is 25.9 Å². The van der Waals surface area contributed by atoms with Gasteiger partial charge in [-0.1, -0.05) is 18.2 Å². The van der Waals surface area contributed by atoms with Gasteiger partial charge in [-0.3, -0.25) is 0 Å². The minimum Gasteiger partial charge on any atom is -0.478 e. The Bertz CT molecular complexity index is 1520. The fourth-order valence-electron chi connectivity index (χ4n) is 4.84. The van der Waals surface area contributed by atoms with Crippen molar-refractivity contribution in [2.75, 3.05) is 13.7 Å². The molecule has 1 saturated carbocycles. The third kappa shape index (κ3) is 3.38. The second kappa shape index (κ2) is 7.74. The molecular weight excluding hydrogens is 414 g/mol. The van der Waals surface area contributed by atoms with Crippen LogP contribution in [-0.4, -0.2) is 38.9 Å². The Hall–Kier alpha value is -3.64. The molecule has 0 atom stereocenters. The Morgan fingerprint density at radius 3 is 2.58 bits per heavy atom. The third-order valence-corrected chi connectivity index (χ3v) is 6.68. The molecular formula is C27H25N3O3. The monoisotopic (exact) mass is 439 g/mol. The Labute approximate surface area is 191 Å². The maximum Gasteiger partial charge on any atom is 0.335 e. The van der Waals surface area contributed by atoms with Crippen molar-refractivity contribution in [1.29, 1.82) is 0 Å². The summed E-state index contributed by atoms with van der Waals surface area (Å²) in [6.07, 6.45) is 2.63. The summed E-state index contributed by atoms with van der Waals surface area (Å²) in [5, 5.41) is 11.9. The van der Waals surface area contributed by atoms with Crippen molar-refractivity contribution in [3.8, 4) is 11.4 Å². The number of hydrogen-bond donors (Lipinski definition) is 1. The van der Waals surface area contributed by atoms with Gasteiger partial charge in [0.2, 0.25) is 0 Å². The molecule has 0 aliphatic heterocycles. The average Bonchev–Trinajstić information content (AvgIpc) is 3.51. The highest BCUT2D eigenvalue weighted by atomic mass is 16.5. The van der Waals surface area contributed by atoms with Gasteiger partial charge in [-0.2, -0.15) is 0 Å². The largest absolute Gasteiger partial charge is 0.478 e. The van der Waals surface area contributed by atoms with E-state index < -0.39 is 5.97 Å². The fourth-order valence-corrected chi connectivity index (χ4v) is 4.84. The molecule has 1 aliphatic carbocycles. The number of aromatic nitrogens is 3. The highest BCUT2D eigenvalue weighted by Crippen LogP contribution is 2.37. The number of methoxy groups -OCH3 is 1. The van der Waals surface area contributed by atoms with Gasteiger partial charge < -0.3 is 19.0 Å². The number of fused-ring (bicyclic) bond motifs is 4. The van der Waals surface area contributed by atoms with Crippen LogP contribution in [0.15, 0.2) is 60.7 Å². The molecule has 0 bridgehead atoms. The van der Waals surface area contributed by atoms with E-state index in [2.05, 4.69) is 51.6 Å². The zero-order chi connectivity index (χ0) is 22.5. The summed E-state index contributed by atoms with van der Waals surface area (Å²) < 4.78 is 9.92. The van der Waals surface area contributed by atoms with Crippen LogP contribution in [-0.2, 0) is 17.8 Å². The number of benzene rings is 3. The number of nitrogens with zero attached hydrogens (tertiary/aromatic N) is 3. The van der Waals surface area contributed by atoms with Gasteiger partial charge in [-0.05, 0) is 61.2 Å². The fraction of sp³-hybridized carbons (Fsp3) is 0.259. The number of aromatic carboxylic acids is 1. The van der Waals surface area contributed by atoms with Gasteiger partial charge in [-0.25, -0.2) is 9.78 Å².